The summed E-state index contributed by atoms with van der Waals surface area (Å²) in [5.74, 6) is -0.619. The van der Waals surface area contributed by atoms with Crippen molar-refractivity contribution in [2.24, 2.45) is 0 Å². The first kappa shape index (κ1) is 13.5. The molecule has 3 nitrogen and oxygen atoms in total. The van der Waals surface area contributed by atoms with Crippen molar-refractivity contribution in [1.29, 1.82) is 0 Å². The van der Waals surface area contributed by atoms with Crippen molar-refractivity contribution >= 4 is 27.5 Å². The second kappa shape index (κ2) is 6.29. The number of hydrogen-bond acceptors (Lipinski definition) is 2. The molecular weight excluding hydrogens is 301 g/mol. The summed E-state index contributed by atoms with van der Waals surface area (Å²) in [5.41, 5.74) is 0.204. The van der Waals surface area contributed by atoms with Crippen LogP contribution in [0.3, 0.4) is 0 Å². The quantitative estimate of drug-likeness (QED) is 0.923. The van der Waals surface area contributed by atoms with E-state index in [2.05, 4.69) is 21.2 Å². The largest absolute Gasteiger partial charge is 0.378 e. The lowest BCUT2D eigenvalue weighted by Crippen LogP contribution is -2.16. The van der Waals surface area contributed by atoms with Crippen LogP contribution in [0.25, 0.3) is 0 Å². The highest BCUT2D eigenvalue weighted by molar-refractivity contribution is 9.10. The molecule has 2 rings (SSSR count). The van der Waals surface area contributed by atoms with Gasteiger partial charge in [-0.3, -0.25) is 4.79 Å². The number of amides is 1. The number of ether oxygens (including phenoxy) is 1. The predicted octanol–water partition coefficient (Wildman–Crippen LogP) is 3.49. The maximum atomic E-state index is 13.5. The average Bonchev–Trinajstić information content (AvgIpc) is 2.84. The Morgan fingerprint density at radius 1 is 1.56 bits per heavy atom. The Bertz CT molecular complexity index is 413. The van der Waals surface area contributed by atoms with E-state index >= 15 is 0 Å². The number of nitrogens with one attached hydrogen (secondary N) is 1. The summed E-state index contributed by atoms with van der Waals surface area (Å²) in [6.07, 6.45) is 3.30. The minimum absolute atomic E-state index is 0.180. The van der Waals surface area contributed by atoms with E-state index in [4.69, 9.17) is 4.74 Å². The first-order chi connectivity index (χ1) is 8.66. The van der Waals surface area contributed by atoms with Crippen molar-refractivity contribution in [1.82, 2.24) is 0 Å². The topological polar surface area (TPSA) is 38.3 Å². The van der Waals surface area contributed by atoms with Crippen LogP contribution in [0.4, 0.5) is 10.1 Å². The summed E-state index contributed by atoms with van der Waals surface area (Å²) in [5, 5.41) is 2.59. The van der Waals surface area contributed by atoms with Gasteiger partial charge < -0.3 is 10.1 Å². The molecule has 0 saturated carbocycles. The molecule has 1 fully saturated rings. The van der Waals surface area contributed by atoms with Crippen molar-refractivity contribution in [3.8, 4) is 0 Å². The molecule has 0 aromatic heterocycles. The summed E-state index contributed by atoms with van der Waals surface area (Å²) in [4.78, 5) is 11.7. The van der Waals surface area contributed by atoms with E-state index in [1.165, 1.54) is 6.07 Å². The fourth-order valence-electron chi connectivity index (χ4n) is 1.98. The fourth-order valence-corrected chi connectivity index (χ4v) is 2.42. The van der Waals surface area contributed by atoms with E-state index in [9.17, 15) is 9.18 Å². The third kappa shape index (κ3) is 3.53. The lowest BCUT2D eigenvalue weighted by atomic mass is 10.1. The van der Waals surface area contributed by atoms with Crippen molar-refractivity contribution in [2.45, 2.75) is 31.8 Å². The highest BCUT2D eigenvalue weighted by Gasteiger charge is 2.17. The van der Waals surface area contributed by atoms with E-state index in [1.807, 2.05) is 0 Å². The second-order valence-electron chi connectivity index (χ2n) is 4.32. The van der Waals surface area contributed by atoms with E-state index in [1.54, 1.807) is 12.1 Å². The van der Waals surface area contributed by atoms with Gasteiger partial charge in [-0.15, -0.1) is 0 Å². The number of hydrogen-bond donors (Lipinski definition) is 1. The standard InChI is InChI=1S/C13H15BrFNO2/c14-10-4-1-5-11(15)13(10)16-12(17)7-6-9-3-2-8-18-9/h1,4-5,9H,2-3,6-8H2,(H,16,17). The number of rotatable bonds is 4. The molecule has 0 radical (unpaired) electrons. The molecule has 0 aliphatic carbocycles. The molecule has 98 valence electrons. The molecule has 1 aliphatic rings. The smallest absolute Gasteiger partial charge is 0.224 e. The number of carbonyl (C=O) groups excluding carboxylic acids is 1. The Morgan fingerprint density at radius 3 is 3.06 bits per heavy atom. The highest BCUT2D eigenvalue weighted by Crippen LogP contribution is 2.25. The molecule has 1 amide bonds. The molecule has 5 heteroatoms. The van der Waals surface area contributed by atoms with E-state index in [0.29, 0.717) is 17.3 Å². The monoisotopic (exact) mass is 315 g/mol. The van der Waals surface area contributed by atoms with Crippen molar-refractivity contribution < 1.29 is 13.9 Å². The van der Waals surface area contributed by atoms with Crippen LogP contribution >= 0.6 is 15.9 Å². The highest BCUT2D eigenvalue weighted by atomic mass is 79.9. The van der Waals surface area contributed by atoms with Crippen molar-refractivity contribution in [3.05, 3.63) is 28.5 Å². The number of anilines is 1. The van der Waals surface area contributed by atoms with Crippen LogP contribution in [0.1, 0.15) is 25.7 Å². The van der Waals surface area contributed by atoms with Gasteiger partial charge in [0.05, 0.1) is 11.8 Å². The SMILES string of the molecule is O=C(CCC1CCCO1)Nc1c(F)cccc1Br. The summed E-state index contributed by atoms with van der Waals surface area (Å²) >= 11 is 3.21. The van der Waals surface area contributed by atoms with Gasteiger partial charge in [0, 0.05) is 17.5 Å². The third-order valence-electron chi connectivity index (χ3n) is 2.94. The molecular formula is C13H15BrFNO2. The van der Waals surface area contributed by atoms with Crippen LogP contribution in [0.5, 0.6) is 0 Å². The molecule has 18 heavy (non-hydrogen) atoms. The molecule has 1 saturated heterocycles. The van der Waals surface area contributed by atoms with Crippen molar-refractivity contribution in [2.75, 3.05) is 11.9 Å². The summed E-state index contributed by atoms with van der Waals surface area (Å²) in [6.45, 7) is 0.783. The van der Waals surface area contributed by atoms with Crippen LogP contribution < -0.4 is 5.32 Å². The Balaban J connectivity index is 1.86. The Morgan fingerprint density at radius 2 is 2.39 bits per heavy atom. The number of carbonyl (C=O) groups is 1. The maximum Gasteiger partial charge on any atom is 0.224 e. The lowest BCUT2D eigenvalue weighted by molar-refractivity contribution is -0.116. The molecule has 1 aliphatic heterocycles. The lowest BCUT2D eigenvalue weighted by Gasteiger charge is -2.10. The van der Waals surface area contributed by atoms with Crippen LogP contribution in [0.15, 0.2) is 22.7 Å². The van der Waals surface area contributed by atoms with E-state index in [-0.39, 0.29) is 17.7 Å². The summed E-state index contributed by atoms with van der Waals surface area (Å²) in [7, 11) is 0. The van der Waals surface area contributed by atoms with Crippen LogP contribution in [-0.4, -0.2) is 18.6 Å². The van der Waals surface area contributed by atoms with Gasteiger partial charge in [-0.05, 0) is 47.3 Å². The van der Waals surface area contributed by atoms with Gasteiger partial charge in [-0.1, -0.05) is 6.07 Å². The molecule has 0 spiro atoms. The van der Waals surface area contributed by atoms with Crippen LogP contribution in [0, 0.1) is 5.82 Å². The zero-order valence-corrected chi connectivity index (χ0v) is 11.5. The molecule has 1 N–H and O–H groups in total. The first-order valence-electron chi connectivity index (χ1n) is 6.02. The molecule has 0 bridgehead atoms. The molecule has 1 unspecified atom stereocenters. The van der Waals surface area contributed by atoms with Gasteiger partial charge >= 0.3 is 0 Å². The van der Waals surface area contributed by atoms with Gasteiger partial charge in [-0.2, -0.15) is 0 Å². The molecule has 1 aromatic carbocycles. The van der Waals surface area contributed by atoms with E-state index < -0.39 is 5.82 Å². The second-order valence-corrected chi connectivity index (χ2v) is 5.17. The Kier molecular flexibility index (Phi) is 4.72. The van der Waals surface area contributed by atoms with Crippen LogP contribution in [0.2, 0.25) is 0 Å². The Labute approximate surface area is 114 Å². The molecule has 1 heterocycles. The van der Waals surface area contributed by atoms with Gasteiger partial charge in [-0.25, -0.2) is 4.39 Å². The minimum Gasteiger partial charge on any atom is -0.378 e. The number of benzene rings is 1. The van der Waals surface area contributed by atoms with Gasteiger partial charge in [0.2, 0.25) is 5.91 Å². The van der Waals surface area contributed by atoms with Gasteiger partial charge in [0.25, 0.3) is 0 Å². The molecule has 1 aromatic rings. The third-order valence-corrected chi connectivity index (χ3v) is 3.61. The van der Waals surface area contributed by atoms with E-state index in [0.717, 1.165) is 19.4 Å². The predicted molar refractivity (Wildman–Crippen MR) is 70.9 cm³/mol. The average molecular weight is 316 g/mol. The van der Waals surface area contributed by atoms with Crippen molar-refractivity contribution in [3.63, 3.8) is 0 Å². The maximum absolute atomic E-state index is 13.5. The number of para-hydroxylation sites is 1. The first-order valence-corrected chi connectivity index (χ1v) is 6.81. The zero-order valence-electron chi connectivity index (χ0n) is 9.92. The number of halogens is 2. The normalized spacial score (nSPS) is 18.9. The summed E-state index contributed by atoms with van der Waals surface area (Å²) < 4.78 is 19.5. The Hall–Kier alpha value is -0.940. The summed E-state index contributed by atoms with van der Waals surface area (Å²) in [6, 6.07) is 4.60. The molecule has 1 atom stereocenters. The van der Waals surface area contributed by atoms with Crippen LogP contribution in [-0.2, 0) is 9.53 Å². The minimum atomic E-state index is -0.435. The zero-order chi connectivity index (χ0) is 13.0. The van der Waals surface area contributed by atoms with Gasteiger partial charge in [0.1, 0.15) is 5.82 Å². The fraction of sp³-hybridized carbons (Fsp3) is 0.462. The van der Waals surface area contributed by atoms with Gasteiger partial charge in [0.15, 0.2) is 0 Å².